The first-order chi connectivity index (χ1) is 6.97. The molecule has 0 saturated carbocycles. The molecule has 1 rings (SSSR count). The molecule has 15 heavy (non-hydrogen) atoms. The van der Waals surface area contributed by atoms with Gasteiger partial charge in [-0.2, -0.15) is 0 Å². The molecule has 0 aromatic carbocycles. The van der Waals surface area contributed by atoms with E-state index in [0.29, 0.717) is 0 Å². The summed E-state index contributed by atoms with van der Waals surface area (Å²) in [7, 11) is 0. The molecule has 1 aliphatic heterocycles. The molecular weight excluding hydrogens is 204 g/mol. The average Bonchev–Trinajstić information content (AvgIpc) is 2.18. The van der Waals surface area contributed by atoms with Crippen molar-refractivity contribution in [1.82, 2.24) is 0 Å². The molecule has 2 unspecified atom stereocenters. The Morgan fingerprint density at radius 3 is 2.47 bits per heavy atom. The van der Waals surface area contributed by atoms with E-state index in [4.69, 9.17) is 14.6 Å². The van der Waals surface area contributed by atoms with Crippen LogP contribution in [-0.4, -0.2) is 52.5 Å². The fourth-order valence-corrected chi connectivity index (χ4v) is 1.52. The standard InChI is InChI=1S/C9H16O6/c1-4-7(12)8(13)6(3-10)15-9(4)14-5(2)11/h4,6-10,12-13H,3H2,1-2H3/t4-,6?,7?,8+,9+/m0/s1. The lowest BCUT2D eigenvalue weighted by Gasteiger charge is -2.39. The first kappa shape index (κ1) is 12.4. The van der Waals surface area contributed by atoms with Gasteiger partial charge in [0.05, 0.1) is 12.7 Å². The number of carbonyl (C=O) groups excluding carboxylic acids is 1. The maximum atomic E-state index is 10.7. The van der Waals surface area contributed by atoms with E-state index in [-0.39, 0.29) is 0 Å². The van der Waals surface area contributed by atoms with Gasteiger partial charge in [-0.25, -0.2) is 0 Å². The van der Waals surface area contributed by atoms with Crippen LogP contribution in [-0.2, 0) is 14.3 Å². The van der Waals surface area contributed by atoms with Gasteiger partial charge < -0.3 is 24.8 Å². The summed E-state index contributed by atoms with van der Waals surface area (Å²) in [6.45, 7) is 2.37. The maximum absolute atomic E-state index is 10.7. The number of hydrogen-bond acceptors (Lipinski definition) is 6. The molecule has 1 fully saturated rings. The van der Waals surface area contributed by atoms with Crippen molar-refractivity contribution in [3.05, 3.63) is 0 Å². The van der Waals surface area contributed by atoms with Crippen LogP contribution >= 0.6 is 0 Å². The second-order valence-corrected chi connectivity index (χ2v) is 3.68. The van der Waals surface area contributed by atoms with Gasteiger partial charge in [0.2, 0.25) is 6.29 Å². The number of aliphatic hydroxyl groups excluding tert-OH is 3. The second-order valence-electron chi connectivity index (χ2n) is 3.68. The van der Waals surface area contributed by atoms with Crippen molar-refractivity contribution in [2.24, 2.45) is 5.92 Å². The number of esters is 1. The molecule has 1 heterocycles. The van der Waals surface area contributed by atoms with E-state index < -0.39 is 43.1 Å². The highest BCUT2D eigenvalue weighted by Gasteiger charge is 2.43. The first-order valence-electron chi connectivity index (χ1n) is 4.77. The Morgan fingerprint density at radius 1 is 1.40 bits per heavy atom. The molecule has 5 atom stereocenters. The number of ether oxygens (including phenoxy) is 2. The zero-order chi connectivity index (χ0) is 11.6. The number of rotatable bonds is 2. The van der Waals surface area contributed by atoms with Gasteiger partial charge in [-0.05, 0) is 0 Å². The Morgan fingerprint density at radius 2 is 2.00 bits per heavy atom. The predicted molar refractivity (Wildman–Crippen MR) is 48.7 cm³/mol. The van der Waals surface area contributed by atoms with E-state index >= 15 is 0 Å². The second kappa shape index (κ2) is 4.89. The van der Waals surface area contributed by atoms with E-state index in [1.165, 1.54) is 6.92 Å². The molecule has 3 N–H and O–H groups in total. The molecule has 1 aliphatic rings. The van der Waals surface area contributed by atoms with Gasteiger partial charge in [0.25, 0.3) is 0 Å². The van der Waals surface area contributed by atoms with Crippen molar-refractivity contribution in [3.63, 3.8) is 0 Å². The number of aliphatic hydroxyl groups is 3. The first-order valence-corrected chi connectivity index (χ1v) is 4.77. The van der Waals surface area contributed by atoms with Crippen LogP contribution < -0.4 is 0 Å². The molecule has 6 heteroatoms. The third-order valence-electron chi connectivity index (χ3n) is 2.47. The molecule has 0 spiro atoms. The van der Waals surface area contributed by atoms with Crippen LogP contribution in [0.5, 0.6) is 0 Å². The molecule has 0 amide bonds. The summed E-state index contributed by atoms with van der Waals surface area (Å²) in [5, 5.41) is 28.0. The Kier molecular flexibility index (Phi) is 4.04. The molecular formula is C9H16O6. The summed E-state index contributed by atoms with van der Waals surface area (Å²) < 4.78 is 9.95. The summed E-state index contributed by atoms with van der Waals surface area (Å²) in [5.74, 6) is -1.07. The van der Waals surface area contributed by atoms with Crippen LogP contribution in [0.4, 0.5) is 0 Å². The summed E-state index contributed by atoms with van der Waals surface area (Å²) in [4.78, 5) is 10.7. The van der Waals surface area contributed by atoms with Crippen molar-refractivity contribution < 1.29 is 29.6 Å². The minimum Gasteiger partial charge on any atom is -0.436 e. The summed E-state index contributed by atoms with van der Waals surface area (Å²) >= 11 is 0. The molecule has 0 aromatic rings. The molecule has 88 valence electrons. The normalized spacial score (nSPS) is 41.3. The lowest BCUT2D eigenvalue weighted by molar-refractivity contribution is -0.273. The fourth-order valence-electron chi connectivity index (χ4n) is 1.52. The molecule has 0 bridgehead atoms. The van der Waals surface area contributed by atoms with Crippen LogP contribution in [0, 0.1) is 5.92 Å². The van der Waals surface area contributed by atoms with Crippen molar-refractivity contribution in [1.29, 1.82) is 0 Å². The van der Waals surface area contributed by atoms with Crippen LogP contribution in [0.15, 0.2) is 0 Å². The Hall–Kier alpha value is -0.690. The summed E-state index contributed by atoms with van der Waals surface area (Å²) in [6.07, 6.45) is -4.12. The van der Waals surface area contributed by atoms with Gasteiger partial charge in [0.1, 0.15) is 12.2 Å². The van der Waals surface area contributed by atoms with Crippen molar-refractivity contribution in [2.75, 3.05) is 6.61 Å². The zero-order valence-electron chi connectivity index (χ0n) is 8.66. The molecule has 6 nitrogen and oxygen atoms in total. The van der Waals surface area contributed by atoms with Crippen molar-refractivity contribution >= 4 is 5.97 Å². The Balaban J connectivity index is 2.69. The average molecular weight is 220 g/mol. The lowest BCUT2D eigenvalue weighted by atomic mass is 9.92. The van der Waals surface area contributed by atoms with Gasteiger partial charge >= 0.3 is 5.97 Å². The number of hydrogen-bond donors (Lipinski definition) is 3. The summed E-state index contributed by atoms with van der Waals surface area (Å²) in [6, 6.07) is 0. The van der Waals surface area contributed by atoms with E-state index in [1.54, 1.807) is 6.92 Å². The minimum atomic E-state index is -1.17. The molecule has 1 saturated heterocycles. The maximum Gasteiger partial charge on any atom is 0.304 e. The Labute approximate surface area is 87.4 Å². The predicted octanol–water partition coefficient (Wildman–Crippen LogP) is -1.38. The van der Waals surface area contributed by atoms with Gasteiger partial charge in [0, 0.05) is 12.8 Å². The minimum absolute atomic E-state index is 0.442. The lowest BCUT2D eigenvalue weighted by Crippen LogP contribution is -2.55. The smallest absolute Gasteiger partial charge is 0.304 e. The molecule has 0 aromatic heterocycles. The quantitative estimate of drug-likeness (QED) is 0.497. The van der Waals surface area contributed by atoms with Gasteiger partial charge in [0.15, 0.2) is 0 Å². The van der Waals surface area contributed by atoms with E-state index in [9.17, 15) is 15.0 Å². The highest BCUT2D eigenvalue weighted by molar-refractivity contribution is 5.66. The topological polar surface area (TPSA) is 96.2 Å². The van der Waals surface area contributed by atoms with Crippen LogP contribution in [0.1, 0.15) is 13.8 Å². The third kappa shape index (κ3) is 2.66. The Bertz CT molecular complexity index is 229. The summed E-state index contributed by atoms with van der Waals surface area (Å²) in [5.41, 5.74) is 0. The highest BCUT2D eigenvalue weighted by Crippen LogP contribution is 2.26. The number of carbonyl (C=O) groups is 1. The van der Waals surface area contributed by atoms with Crippen molar-refractivity contribution in [3.8, 4) is 0 Å². The van der Waals surface area contributed by atoms with Gasteiger partial charge in [-0.1, -0.05) is 6.92 Å². The van der Waals surface area contributed by atoms with E-state index in [2.05, 4.69) is 0 Å². The van der Waals surface area contributed by atoms with Crippen LogP contribution in [0.2, 0.25) is 0 Å². The van der Waals surface area contributed by atoms with Crippen LogP contribution in [0.3, 0.4) is 0 Å². The highest BCUT2D eigenvalue weighted by atomic mass is 16.7. The SMILES string of the molecule is CC(=O)O[C@@H]1OC(CO)[C@@H](O)C(O)[C@@H]1C. The monoisotopic (exact) mass is 220 g/mol. The third-order valence-corrected chi connectivity index (χ3v) is 2.47. The van der Waals surface area contributed by atoms with Crippen LogP contribution in [0.25, 0.3) is 0 Å². The fraction of sp³-hybridized carbons (Fsp3) is 0.889. The largest absolute Gasteiger partial charge is 0.436 e. The van der Waals surface area contributed by atoms with Gasteiger partial charge in [-0.15, -0.1) is 0 Å². The molecule has 0 radical (unpaired) electrons. The van der Waals surface area contributed by atoms with E-state index in [0.717, 1.165) is 0 Å². The molecule has 0 aliphatic carbocycles. The van der Waals surface area contributed by atoms with Crippen molar-refractivity contribution in [2.45, 2.75) is 38.4 Å². The van der Waals surface area contributed by atoms with E-state index in [1.807, 2.05) is 0 Å². The zero-order valence-corrected chi connectivity index (χ0v) is 8.66. The van der Waals surface area contributed by atoms with Gasteiger partial charge in [-0.3, -0.25) is 4.79 Å².